The number of carbonyl (C=O) groups is 2. The van der Waals surface area contributed by atoms with Crippen molar-refractivity contribution in [2.45, 2.75) is 30.9 Å². The fraction of sp³-hybridized carbons (Fsp3) is 0.818. The SMILES string of the molecule is CS(=O)(=O)NC(=O)CNC(=O)NCCCCC1CCSS1. The molecule has 0 aromatic rings. The Bertz CT molecular complexity index is 450. The lowest BCUT2D eigenvalue weighted by molar-refractivity contribution is -0.118. The van der Waals surface area contributed by atoms with Crippen molar-refractivity contribution in [1.82, 2.24) is 15.4 Å². The fourth-order valence-electron chi connectivity index (χ4n) is 1.73. The van der Waals surface area contributed by atoms with Crippen LogP contribution in [-0.4, -0.2) is 50.7 Å². The second-order valence-electron chi connectivity index (χ2n) is 4.73. The van der Waals surface area contributed by atoms with E-state index in [-0.39, 0.29) is 6.54 Å². The van der Waals surface area contributed by atoms with Crippen LogP contribution in [0.3, 0.4) is 0 Å². The van der Waals surface area contributed by atoms with E-state index in [0.29, 0.717) is 6.54 Å². The molecule has 1 unspecified atom stereocenters. The normalized spacial score (nSPS) is 18.2. The molecule has 0 aromatic carbocycles. The molecular weight excluding hydrogens is 334 g/mol. The van der Waals surface area contributed by atoms with Crippen molar-refractivity contribution in [3.63, 3.8) is 0 Å². The van der Waals surface area contributed by atoms with E-state index in [0.717, 1.165) is 30.8 Å². The quantitative estimate of drug-likeness (QED) is 0.437. The lowest BCUT2D eigenvalue weighted by Gasteiger charge is -2.09. The summed E-state index contributed by atoms with van der Waals surface area (Å²) < 4.78 is 23.3. The summed E-state index contributed by atoms with van der Waals surface area (Å²) in [7, 11) is 0.287. The van der Waals surface area contributed by atoms with Crippen molar-refractivity contribution in [2.24, 2.45) is 0 Å². The summed E-state index contributed by atoms with van der Waals surface area (Å²) in [4.78, 5) is 22.5. The first kappa shape index (κ1) is 18.4. The smallest absolute Gasteiger partial charge is 0.315 e. The van der Waals surface area contributed by atoms with Crippen molar-refractivity contribution in [3.8, 4) is 0 Å². The van der Waals surface area contributed by atoms with Gasteiger partial charge in [0.05, 0.1) is 12.8 Å². The fourth-order valence-corrected chi connectivity index (χ4v) is 5.24. The van der Waals surface area contributed by atoms with Crippen LogP contribution in [0, 0.1) is 0 Å². The maximum atomic E-state index is 11.4. The molecule has 1 heterocycles. The number of hydrogen-bond acceptors (Lipinski definition) is 6. The topological polar surface area (TPSA) is 104 Å². The van der Waals surface area contributed by atoms with Crippen LogP contribution >= 0.6 is 21.6 Å². The number of rotatable bonds is 8. The number of amides is 3. The molecule has 3 amide bonds. The van der Waals surface area contributed by atoms with Gasteiger partial charge in [-0.3, -0.25) is 9.52 Å². The second-order valence-corrected chi connectivity index (χ2v) is 9.27. The molecule has 0 saturated carbocycles. The van der Waals surface area contributed by atoms with Gasteiger partial charge in [-0.1, -0.05) is 28.0 Å². The summed E-state index contributed by atoms with van der Waals surface area (Å²) >= 11 is 0. The van der Waals surface area contributed by atoms with E-state index < -0.39 is 22.0 Å². The average Bonchev–Trinajstić information content (AvgIpc) is 2.87. The number of carbonyl (C=O) groups excluding carboxylic acids is 2. The van der Waals surface area contributed by atoms with Gasteiger partial charge in [-0.15, -0.1) is 0 Å². The van der Waals surface area contributed by atoms with Gasteiger partial charge in [-0.05, 0) is 19.3 Å². The van der Waals surface area contributed by atoms with E-state index in [1.807, 2.05) is 21.6 Å². The van der Waals surface area contributed by atoms with Crippen molar-refractivity contribution in [2.75, 3.05) is 25.1 Å². The van der Waals surface area contributed by atoms with Crippen LogP contribution < -0.4 is 15.4 Å². The third-order valence-electron chi connectivity index (χ3n) is 2.67. The van der Waals surface area contributed by atoms with E-state index in [9.17, 15) is 18.0 Å². The predicted molar refractivity (Wildman–Crippen MR) is 86.7 cm³/mol. The van der Waals surface area contributed by atoms with E-state index in [1.165, 1.54) is 12.2 Å². The zero-order chi connectivity index (χ0) is 15.7. The highest BCUT2D eigenvalue weighted by atomic mass is 33.1. The first-order valence-corrected chi connectivity index (χ1v) is 10.9. The Hall–Kier alpha value is -0.610. The maximum Gasteiger partial charge on any atom is 0.315 e. The number of urea groups is 1. The predicted octanol–water partition coefficient (Wildman–Crippen LogP) is 0.685. The monoisotopic (exact) mass is 355 g/mol. The van der Waals surface area contributed by atoms with Crippen molar-refractivity contribution < 1.29 is 18.0 Å². The van der Waals surface area contributed by atoms with Crippen LogP contribution in [0.5, 0.6) is 0 Å². The van der Waals surface area contributed by atoms with Crippen LogP contribution in [0.1, 0.15) is 25.7 Å². The molecule has 122 valence electrons. The van der Waals surface area contributed by atoms with Gasteiger partial charge < -0.3 is 10.6 Å². The zero-order valence-electron chi connectivity index (χ0n) is 11.9. The summed E-state index contributed by atoms with van der Waals surface area (Å²) in [5.74, 6) is 0.467. The van der Waals surface area contributed by atoms with Gasteiger partial charge >= 0.3 is 6.03 Å². The third-order valence-corrected chi connectivity index (χ3v) is 6.28. The van der Waals surface area contributed by atoms with Crippen LogP contribution in [-0.2, 0) is 14.8 Å². The Morgan fingerprint density at radius 1 is 1.24 bits per heavy atom. The zero-order valence-corrected chi connectivity index (χ0v) is 14.3. The Kier molecular flexibility index (Phi) is 8.27. The molecule has 10 heteroatoms. The molecule has 1 atom stereocenters. The first-order chi connectivity index (χ1) is 9.87. The molecule has 1 aliphatic rings. The van der Waals surface area contributed by atoms with Gasteiger partial charge in [0, 0.05) is 17.5 Å². The van der Waals surface area contributed by atoms with E-state index in [1.54, 1.807) is 4.72 Å². The lowest BCUT2D eigenvalue weighted by atomic mass is 10.1. The highest BCUT2D eigenvalue weighted by molar-refractivity contribution is 8.77. The van der Waals surface area contributed by atoms with Gasteiger partial charge in [0.25, 0.3) is 5.91 Å². The van der Waals surface area contributed by atoms with Crippen LogP contribution in [0.15, 0.2) is 0 Å². The molecular formula is C11H21N3O4S3. The molecule has 0 aliphatic carbocycles. The number of nitrogens with one attached hydrogen (secondary N) is 3. The highest BCUT2D eigenvalue weighted by Gasteiger charge is 2.15. The van der Waals surface area contributed by atoms with Gasteiger partial charge in [0.1, 0.15) is 0 Å². The summed E-state index contributed by atoms with van der Waals surface area (Å²) in [5.41, 5.74) is 0. The average molecular weight is 356 g/mol. The van der Waals surface area contributed by atoms with E-state index in [2.05, 4.69) is 10.6 Å². The van der Waals surface area contributed by atoms with Gasteiger partial charge in [0.15, 0.2) is 0 Å². The van der Waals surface area contributed by atoms with Gasteiger partial charge in [-0.25, -0.2) is 13.2 Å². The number of hydrogen-bond donors (Lipinski definition) is 3. The Labute approximate surface area is 133 Å². The van der Waals surface area contributed by atoms with Crippen LogP contribution in [0.25, 0.3) is 0 Å². The summed E-state index contributed by atoms with van der Waals surface area (Å²) in [6.07, 6.45) is 5.26. The first-order valence-electron chi connectivity index (χ1n) is 6.67. The molecule has 3 N–H and O–H groups in total. The molecule has 1 aliphatic heterocycles. The number of sulfonamides is 1. The second kappa shape index (κ2) is 9.42. The highest BCUT2D eigenvalue weighted by Crippen LogP contribution is 2.39. The molecule has 7 nitrogen and oxygen atoms in total. The standard InChI is InChI=1S/C11H21N3O4S3/c1-21(17,18)14-10(15)8-13-11(16)12-6-3-2-4-9-5-7-19-20-9/h9H,2-8H2,1H3,(H,14,15)(H2,12,13,16). The third kappa shape index (κ3) is 9.86. The Morgan fingerprint density at radius 2 is 2.00 bits per heavy atom. The summed E-state index contributed by atoms with van der Waals surface area (Å²) in [6, 6.07) is -0.468. The minimum atomic E-state index is -3.58. The molecule has 1 rings (SSSR count). The maximum absolute atomic E-state index is 11.4. The Balaban J connectivity index is 1.99. The van der Waals surface area contributed by atoms with Gasteiger partial charge in [0.2, 0.25) is 10.0 Å². The molecule has 0 bridgehead atoms. The molecule has 21 heavy (non-hydrogen) atoms. The molecule has 1 fully saturated rings. The van der Waals surface area contributed by atoms with Crippen molar-refractivity contribution >= 4 is 43.5 Å². The lowest BCUT2D eigenvalue weighted by Crippen LogP contribution is -2.43. The minimum absolute atomic E-state index is 0.366. The van der Waals surface area contributed by atoms with Crippen molar-refractivity contribution in [1.29, 1.82) is 0 Å². The van der Waals surface area contributed by atoms with E-state index in [4.69, 9.17) is 0 Å². The van der Waals surface area contributed by atoms with Gasteiger partial charge in [-0.2, -0.15) is 0 Å². The summed E-state index contributed by atoms with van der Waals surface area (Å²) in [5, 5.41) is 5.68. The minimum Gasteiger partial charge on any atom is -0.338 e. The number of unbranched alkanes of at least 4 members (excludes halogenated alkanes) is 1. The molecule has 0 aromatic heterocycles. The van der Waals surface area contributed by atoms with Crippen LogP contribution in [0.2, 0.25) is 0 Å². The van der Waals surface area contributed by atoms with Crippen molar-refractivity contribution in [3.05, 3.63) is 0 Å². The molecule has 0 spiro atoms. The molecule has 0 radical (unpaired) electrons. The Morgan fingerprint density at radius 3 is 2.62 bits per heavy atom. The largest absolute Gasteiger partial charge is 0.338 e. The summed E-state index contributed by atoms with van der Waals surface area (Å²) in [6.45, 7) is 0.179. The molecule has 1 saturated heterocycles. The van der Waals surface area contributed by atoms with Crippen LogP contribution in [0.4, 0.5) is 4.79 Å². The van der Waals surface area contributed by atoms with E-state index >= 15 is 0 Å².